The lowest BCUT2D eigenvalue weighted by molar-refractivity contribution is 0.575. The smallest absolute Gasteiger partial charge is 0.237 e. The van der Waals surface area contributed by atoms with E-state index in [-0.39, 0.29) is 0 Å². The van der Waals surface area contributed by atoms with Gasteiger partial charge in [-0.15, -0.1) is 22.9 Å². The van der Waals surface area contributed by atoms with E-state index in [1.54, 1.807) is 17.6 Å². The van der Waals surface area contributed by atoms with Gasteiger partial charge in [-0.05, 0) is 28.0 Å². The maximum atomic E-state index is 5.79. The van der Waals surface area contributed by atoms with Crippen LogP contribution in [0.2, 0.25) is 0 Å². The zero-order chi connectivity index (χ0) is 14.9. The van der Waals surface area contributed by atoms with Crippen LogP contribution in [0.1, 0.15) is 5.69 Å². The molecule has 0 fully saturated rings. The van der Waals surface area contributed by atoms with Gasteiger partial charge in [0.05, 0.1) is 16.5 Å². The number of nitrogens with zero attached hydrogens (tertiary/aromatic N) is 1. The average molecular weight is 326 g/mol. The van der Waals surface area contributed by atoms with Gasteiger partial charge in [-0.25, -0.2) is 4.98 Å². The van der Waals surface area contributed by atoms with E-state index in [1.807, 2.05) is 6.07 Å². The van der Waals surface area contributed by atoms with Gasteiger partial charge in [0.1, 0.15) is 6.26 Å². The maximum Gasteiger partial charge on any atom is 0.237 e. The van der Waals surface area contributed by atoms with E-state index in [4.69, 9.17) is 16.0 Å². The zero-order valence-electron chi connectivity index (χ0n) is 11.6. The van der Waals surface area contributed by atoms with Crippen LogP contribution in [0, 0.1) is 0 Å². The molecule has 0 aliphatic rings. The Morgan fingerprint density at radius 2 is 1.91 bits per heavy atom. The minimum Gasteiger partial charge on any atom is -0.443 e. The Hall–Kier alpha value is -2.10. The maximum absolute atomic E-state index is 5.79. The lowest BCUT2D eigenvalue weighted by atomic mass is 10.0. The summed E-state index contributed by atoms with van der Waals surface area (Å²) in [6.45, 7) is 0. The van der Waals surface area contributed by atoms with Gasteiger partial charge >= 0.3 is 0 Å². The molecular formula is C18H12ClNOS. The van der Waals surface area contributed by atoms with Crippen LogP contribution in [-0.2, 0) is 5.88 Å². The van der Waals surface area contributed by atoms with Crippen molar-refractivity contribution in [3.8, 4) is 21.9 Å². The predicted octanol–water partition coefficient (Wildman–Crippen LogP) is 5.96. The molecular weight excluding hydrogens is 314 g/mol. The molecule has 4 heteroatoms. The first-order valence-corrected chi connectivity index (χ1v) is 8.34. The summed E-state index contributed by atoms with van der Waals surface area (Å²) >= 11 is 7.43. The van der Waals surface area contributed by atoms with Crippen molar-refractivity contribution in [1.29, 1.82) is 0 Å². The number of hydrogen-bond donors (Lipinski definition) is 0. The Morgan fingerprint density at radius 1 is 1.05 bits per heavy atom. The lowest BCUT2D eigenvalue weighted by Gasteiger charge is -2.02. The summed E-state index contributed by atoms with van der Waals surface area (Å²) in [5, 5.41) is 4.50. The lowest BCUT2D eigenvalue weighted by Crippen LogP contribution is -1.79. The highest BCUT2D eigenvalue weighted by atomic mass is 35.5. The molecule has 108 valence electrons. The van der Waals surface area contributed by atoms with Crippen molar-refractivity contribution in [2.45, 2.75) is 5.88 Å². The van der Waals surface area contributed by atoms with E-state index in [2.05, 4.69) is 52.8 Å². The largest absolute Gasteiger partial charge is 0.443 e. The Kier molecular flexibility index (Phi) is 3.45. The highest BCUT2D eigenvalue weighted by Gasteiger charge is 2.13. The van der Waals surface area contributed by atoms with Gasteiger partial charge in [0.2, 0.25) is 5.89 Å². The van der Waals surface area contributed by atoms with Crippen LogP contribution in [-0.4, -0.2) is 4.98 Å². The molecule has 22 heavy (non-hydrogen) atoms. The van der Waals surface area contributed by atoms with E-state index in [0.717, 1.165) is 16.0 Å². The van der Waals surface area contributed by atoms with E-state index < -0.39 is 0 Å². The molecule has 4 aromatic rings. The van der Waals surface area contributed by atoms with Gasteiger partial charge in [0.15, 0.2) is 0 Å². The summed E-state index contributed by atoms with van der Waals surface area (Å²) in [6.07, 6.45) is 1.62. The van der Waals surface area contributed by atoms with Gasteiger partial charge in [-0.2, -0.15) is 0 Å². The van der Waals surface area contributed by atoms with E-state index >= 15 is 0 Å². The molecule has 2 aromatic heterocycles. The van der Waals surface area contributed by atoms with Gasteiger partial charge in [-0.3, -0.25) is 0 Å². The van der Waals surface area contributed by atoms with Crippen LogP contribution in [0.15, 0.2) is 64.6 Å². The fourth-order valence-corrected chi connectivity index (χ4v) is 3.57. The van der Waals surface area contributed by atoms with Crippen LogP contribution < -0.4 is 0 Å². The average Bonchev–Trinajstić information content (AvgIpc) is 3.21. The number of benzene rings is 2. The molecule has 0 aliphatic carbocycles. The Morgan fingerprint density at radius 3 is 2.68 bits per heavy atom. The van der Waals surface area contributed by atoms with Gasteiger partial charge < -0.3 is 4.42 Å². The summed E-state index contributed by atoms with van der Waals surface area (Å²) < 4.78 is 5.54. The minimum atomic E-state index is 0.366. The van der Waals surface area contributed by atoms with Gasteiger partial charge in [0, 0.05) is 5.39 Å². The van der Waals surface area contributed by atoms with Gasteiger partial charge in [-0.1, -0.05) is 42.5 Å². The van der Waals surface area contributed by atoms with Crippen molar-refractivity contribution >= 4 is 33.7 Å². The Bertz CT molecular complexity index is 927. The summed E-state index contributed by atoms with van der Waals surface area (Å²) in [4.78, 5) is 5.46. The monoisotopic (exact) mass is 325 g/mol. The normalized spacial score (nSPS) is 11.1. The number of rotatable bonds is 3. The molecule has 2 heterocycles. The SMILES string of the molecule is ClCc1coc(-c2scc3cc(-c4ccccc4)ccc23)n1. The molecule has 0 saturated heterocycles. The van der Waals surface area contributed by atoms with Crippen LogP contribution in [0.4, 0.5) is 0 Å². The fourth-order valence-electron chi connectivity index (χ4n) is 2.50. The molecule has 0 radical (unpaired) electrons. The number of hydrogen-bond acceptors (Lipinski definition) is 3. The predicted molar refractivity (Wildman–Crippen MR) is 92.3 cm³/mol. The molecule has 0 aliphatic heterocycles. The molecule has 0 N–H and O–H groups in total. The molecule has 4 rings (SSSR count). The number of alkyl halides is 1. The second-order valence-corrected chi connectivity index (χ2v) is 6.16. The molecule has 2 aromatic carbocycles. The second-order valence-electron chi connectivity index (χ2n) is 5.01. The molecule has 0 amide bonds. The van der Waals surface area contributed by atoms with Crippen LogP contribution in [0.5, 0.6) is 0 Å². The number of fused-ring (bicyclic) bond motifs is 1. The number of oxazole rings is 1. The van der Waals surface area contributed by atoms with Crippen molar-refractivity contribution in [3.05, 3.63) is 65.9 Å². The van der Waals surface area contributed by atoms with Crippen LogP contribution in [0.3, 0.4) is 0 Å². The minimum absolute atomic E-state index is 0.366. The van der Waals surface area contributed by atoms with Crippen molar-refractivity contribution in [1.82, 2.24) is 4.98 Å². The topological polar surface area (TPSA) is 26.0 Å². The first kappa shape index (κ1) is 13.6. The van der Waals surface area contributed by atoms with E-state index in [0.29, 0.717) is 11.8 Å². The van der Waals surface area contributed by atoms with Crippen molar-refractivity contribution in [3.63, 3.8) is 0 Å². The third-order valence-corrected chi connectivity index (χ3v) is 4.87. The highest BCUT2D eigenvalue weighted by Crippen LogP contribution is 2.36. The Labute approximate surface area is 137 Å². The molecule has 2 nitrogen and oxygen atoms in total. The van der Waals surface area contributed by atoms with Crippen molar-refractivity contribution in [2.24, 2.45) is 0 Å². The van der Waals surface area contributed by atoms with Crippen LogP contribution in [0.25, 0.3) is 32.7 Å². The van der Waals surface area contributed by atoms with Crippen molar-refractivity contribution < 1.29 is 4.42 Å². The van der Waals surface area contributed by atoms with Gasteiger partial charge in [0.25, 0.3) is 0 Å². The van der Waals surface area contributed by atoms with E-state index in [1.165, 1.54) is 16.5 Å². The Balaban J connectivity index is 1.80. The van der Waals surface area contributed by atoms with Crippen LogP contribution >= 0.6 is 22.9 Å². The number of thiophene rings is 1. The molecule has 0 spiro atoms. The van der Waals surface area contributed by atoms with Crippen molar-refractivity contribution in [2.75, 3.05) is 0 Å². The summed E-state index contributed by atoms with van der Waals surface area (Å²) in [5.74, 6) is 1.01. The summed E-state index contributed by atoms with van der Waals surface area (Å²) in [5.41, 5.74) is 3.20. The standard InChI is InChI=1S/C18H12ClNOS/c19-9-15-10-21-18(20-15)17-16-7-6-13(8-14(16)11-22-17)12-4-2-1-3-5-12/h1-8,10-11H,9H2. The fraction of sp³-hybridized carbons (Fsp3) is 0.0556. The number of aromatic nitrogens is 1. The quantitative estimate of drug-likeness (QED) is 0.434. The third kappa shape index (κ3) is 2.32. The van der Waals surface area contributed by atoms with E-state index in [9.17, 15) is 0 Å². The molecule has 0 unspecified atom stereocenters. The highest BCUT2D eigenvalue weighted by molar-refractivity contribution is 7.15. The first-order valence-electron chi connectivity index (χ1n) is 6.92. The third-order valence-electron chi connectivity index (χ3n) is 3.59. The first-order chi connectivity index (χ1) is 10.8. The summed E-state index contributed by atoms with van der Waals surface area (Å²) in [6, 6.07) is 16.9. The summed E-state index contributed by atoms with van der Waals surface area (Å²) in [7, 11) is 0. The molecule has 0 bridgehead atoms. The second kappa shape index (κ2) is 5.59. The zero-order valence-corrected chi connectivity index (χ0v) is 13.2. The molecule has 0 atom stereocenters. The molecule has 0 saturated carbocycles. The number of halogens is 1.